The zero-order valence-corrected chi connectivity index (χ0v) is 17.0. The summed E-state index contributed by atoms with van der Waals surface area (Å²) in [5, 5.41) is 0. The van der Waals surface area contributed by atoms with Crippen LogP contribution in [0.3, 0.4) is 0 Å². The summed E-state index contributed by atoms with van der Waals surface area (Å²) >= 11 is 0. The molecule has 2 fully saturated rings. The molecule has 0 N–H and O–H groups in total. The van der Waals surface area contributed by atoms with Gasteiger partial charge in [0, 0.05) is 0 Å². The van der Waals surface area contributed by atoms with Gasteiger partial charge in [-0.15, -0.1) is 0 Å². The molecule has 0 amide bonds. The molecule has 2 aliphatic rings. The molecule has 0 aromatic heterocycles. The molecule has 1 aromatic carbocycles. The van der Waals surface area contributed by atoms with Gasteiger partial charge in [-0.3, -0.25) is 9.80 Å². The van der Waals surface area contributed by atoms with E-state index in [0.717, 1.165) is 63.7 Å². The maximum Gasteiger partial charge on any atom is 0.245 e. The zero-order valence-electron chi connectivity index (χ0n) is 16.2. The molecule has 146 valence electrons. The van der Waals surface area contributed by atoms with Crippen molar-refractivity contribution in [3.05, 3.63) is 30.3 Å². The summed E-state index contributed by atoms with van der Waals surface area (Å²) in [7, 11) is -3.48. The van der Waals surface area contributed by atoms with Gasteiger partial charge in [0.25, 0.3) is 0 Å². The minimum atomic E-state index is -3.48. The predicted octanol–water partition coefficient (Wildman–Crippen LogP) is 3.06. The minimum Gasteiger partial charge on any atom is -0.290 e. The topological polar surface area (TPSA) is 43.9 Å². The molecule has 2 saturated heterocycles. The number of piperidine rings is 2. The highest BCUT2D eigenvalue weighted by molar-refractivity contribution is 7.89. The SMILES string of the molecule is CC1CCN(CN(CN2CCC(C)CC2)S(=O)(=O)c2ccccc2)CC1. The van der Waals surface area contributed by atoms with Crippen LogP contribution in [0.5, 0.6) is 0 Å². The number of likely N-dealkylation sites (tertiary alicyclic amines) is 2. The van der Waals surface area contributed by atoms with Crippen LogP contribution in [0.25, 0.3) is 0 Å². The van der Waals surface area contributed by atoms with Crippen LogP contribution in [-0.4, -0.2) is 62.0 Å². The van der Waals surface area contributed by atoms with Gasteiger partial charge in [-0.25, -0.2) is 8.42 Å². The summed E-state index contributed by atoms with van der Waals surface area (Å²) in [5.74, 6) is 1.49. The lowest BCUT2D eigenvalue weighted by Gasteiger charge is -2.38. The van der Waals surface area contributed by atoms with E-state index in [0.29, 0.717) is 18.2 Å². The summed E-state index contributed by atoms with van der Waals surface area (Å²) in [6, 6.07) is 8.88. The van der Waals surface area contributed by atoms with E-state index in [9.17, 15) is 8.42 Å². The lowest BCUT2D eigenvalue weighted by molar-refractivity contribution is 0.0889. The lowest BCUT2D eigenvalue weighted by Crippen LogP contribution is -2.50. The molecule has 0 bridgehead atoms. The highest BCUT2D eigenvalue weighted by atomic mass is 32.2. The molecule has 0 aliphatic carbocycles. The van der Waals surface area contributed by atoms with Crippen molar-refractivity contribution in [1.82, 2.24) is 14.1 Å². The van der Waals surface area contributed by atoms with E-state index in [1.807, 2.05) is 6.07 Å². The molecule has 6 heteroatoms. The second-order valence-electron chi connectivity index (χ2n) is 8.15. The fourth-order valence-electron chi connectivity index (χ4n) is 3.79. The summed E-state index contributed by atoms with van der Waals surface area (Å²) in [6.07, 6.45) is 4.61. The Morgan fingerprint density at radius 1 is 0.846 bits per heavy atom. The third-order valence-electron chi connectivity index (χ3n) is 5.85. The maximum atomic E-state index is 13.3. The second kappa shape index (κ2) is 8.83. The molecule has 1 aromatic rings. The van der Waals surface area contributed by atoms with Crippen molar-refractivity contribution in [3.8, 4) is 0 Å². The average Bonchev–Trinajstić information content (AvgIpc) is 2.65. The van der Waals surface area contributed by atoms with Crippen LogP contribution in [-0.2, 0) is 10.0 Å². The zero-order chi connectivity index (χ0) is 18.6. The molecular weight excluding hydrogens is 346 g/mol. The van der Waals surface area contributed by atoms with Crippen molar-refractivity contribution in [2.45, 2.75) is 44.4 Å². The Kier molecular flexibility index (Phi) is 6.72. The number of sulfonamides is 1. The number of hydrogen-bond acceptors (Lipinski definition) is 4. The highest BCUT2D eigenvalue weighted by Crippen LogP contribution is 2.22. The van der Waals surface area contributed by atoms with Crippen LogP contribution in [0.4, 0.5) is 0 Å². The van der Waals surface area contributed by atoms with E-state index in [4.69, 9.17) is 0 Å². The van der Waals surface area contributed by atoms with Gasteiger partial charge in [-0.2, -0.15) is 4.31 Å². The Hall–Kier alpha value is -0.950. The summed E-state index contributed by atoms with van der Waals surface area (Å²) < 4.78 is 28.3. The smallest absolute Gasteiger partial charge is 0.245 e. The normalized spacial score (nSPS) is 22.1. The quantitative estimate of drug-likeness (QED) is 0.762. The van der Waals surface area contributed by atoms with E-state index in [-0.39, 0.29) is 0 Å². The number of hydrogen-bond donors (Lipinski definition) is 0. The van der Waals surface area contributed by atoms with Crippen molar-refractivity contribution in [1.29, 1.82) is 0 Å². The molecule has 3 rings (SSSR count). The van der Waals surface area contributed by atoms with Crippen molar-refractivity contribution < 1.29 is 8.42 Å². The van der Waals surface area contributed by atoms with E-state index in [1.165, 1.54) is 0 Å². The first-order chi connectivity index (χ1) is 12.4. The average molecular weight is 380 g/mol. The van der Waals surface area contributed by atoms with Crippen LogP contribution in [0.15, 0.2) is 35.2 Å². The first-order valence-corrected chi connectivity index (χ1v) is 11.4. The van der Waals surface area contributed by atoms with Crippen LogP contribution in [0.1, 0.15) is 39.5 Å². The van der Waals surface area contributed by atoms with Gasteiger partial charge in [0.2, 0.25) is 10.0 Å². The molecule has 0 atom stereocenters. The first kappa shape index (κ1) is 19.8. The van der Waals surface area contributed by atoms with Crippen molar-refractivity contribution >= 4 is 10.0 Å². The Morgan fingerprint density at radius 3 is 1.69 bits per heavy atom. The Morgan fingerprint density at radius 2 is 1.27 bits per heavy atom. The first-order valence-electron chi connectivity index (χ1n) is 9.95. The van der Waals surface area contributed by atoms with E-state index >= 15 is 0 Å². The molecule has 0 saturated carbocycles. The Bertz CT molecular complexity index is 625. The van der Waals surface area contributed by atoms with Gasteiger partial charge in [-0.1, -0.05) is 32.0 Å². The van der Waals surface area contributed by atoms with E-state index in [1.54, 1.807) is 28.6 Å². The van der Waals surface area contributed by atoms with Crippen LogP contribution >= 0.6 is 0 Å². The van der Waals surface area contributed by atoms with E-state index < -0.39 is 10.0 Å². The summed E-state index contributed by atoms with van der Waals surface area (Å²) in [4.78, 5) is 5.00. The highest BCUT2D eigenvalue weighted by Gasteiger charge is 2.30. The number of rotatable bonds is 6. The molecule has 0 spiro atoms. The monoisotopic (exact) mass is 379 g/mol. The molecule has 2 aliphatic heterocycles. The third-order valence-corrected chi connectivity index (χ3v) is 7.63. The van der Waals surface area contributed by atoms with Crippen molar-refractivity contribution in [2.75, 3.05) is 39.5 Å². The third kappa shape index (κ3) is 5.06. The van der Waals surface area contributed by atoms with Crippen molar-refractivity contribution in [2.24, 2.45) is 11.8 Å². The standard InChI is InChI=1S/C20H33N3O2S/c1-18-8-12-21(13-9-18)16-23(17-22-14-10-19(2)11-15-22)26(24,25)20-6-4-3-5-7-20/h3-7,18-19H,8-17H2,1-2H3. The number of benzene rings is 1. The molecule has 2 heterocycles. The Labute approximate surface area is 159 Å². The molecule has 0 unspecified atom stereocenters. The van der Waals surface area contributed by atoms with Crippen molar-refractivity contribution in [3.63, 3.8) is 0 Å². The van der Waals surface area contributed by atoms with Gasteiger partial charge in [0.05, 0.1) is 18.2 Å². The summed E-state index contributed by atoms with van der Waals surface area (Å²) in [5.41, 5.74) is 0. The van der Waals surface area contributed by atoms with Gasteiger partial charge in [-0.05, 0) is 75.8 Å². The fourth-order valence-corrected chi connectivity index (χ4v) is 5.22. The summed E-state index contributed by atoms with van der Waals surface area (Å²) in [6.45, 7) is 9.50. The minimum absolute atomic E-state index is 0.399. The molecule has 0 radical (unpaired) electrons. The maximum absolute atomic E-state index is 13.3. The van der Waals surface area contributed by atoms with Crippen LogP contribution in [0, 0.1) is 11.8 Å². The Balaban J connectivity index is 1.74. The largest absolute Gasteiger partial charge is 0.290 e. The second-order valence-corrected chi connectivity index (χ2v) is 10.1. The van der Waals surface area contributed by atoms with Crippen LogP contribution in [0.2, 0.25) is 0 Å². The molecule has 5 nitrogen and oxygen atoms in total. The van der Waals surface area contributed by atoms with Gasteiger partial charge < -0.3 is 0 Å². The molecular formula is C20H33N3O2S. The van der Waals surface area contributed by atoms with E-state index in [2.05, 4.69) is 23.6 Å². The fraction of sp³-hybridized carbons (Fsp3) is 0.700. The van der Waals surface area contributed by atoms with Crippen LogP contribution < -0.4 is 0 Å². The van der Waals surface area contributed by atoms with Gasteiger partial charge >= 0.3 is 0 Å². The van der Waals surface area contributed by atoms with Gasteiger partial charge in [0.1, 0.15) is 0 Å². The van der Waals surface area contributed by atoms with Gasteiger partial charge in [0.15, 0.2) is 0 Å². The number of nitrogens with zero attached hydrogens (tertiary/aromatic N) is 3. The lowest BCUT2D eigenvalue weighted by atomic mass is 9.99. The molecule has 26 heavy (non-hydrogen) atoms. The predicted molar refractivity (Wildman–Crippen MR) is 105 cm³/mol.